The molecular weight excluding hydrogens is 257 g/mol. The number of hydrogen-bond donors (Lipinski definition) is 8. The first-order valence-electron chi connectivity index (χ1n) is 3.46. The smallest absolute Gasteiger partial charge is 0.320 e. The van der Waals surface area contributed by atoms with Gasteiger partial charge in [-0.1, -0.05) is 0 Å². The second-order valence-electron chi connectivity index (χ2n) is 2.22. The average Bonchev–Trinajstić information content (AvgIpc) is 1.98. The van der Waals surface area contributed by atoms with Crippen molar-refractivity contribution in [1.29, 1.82) is 0 Å². The number of hydrogen-bond acceptors (Lipinski definition) is 7. The predicted molar refractivity (Wildman–Crippen MR) is 63.0 cm³/mol. The fraction of sp³-hybridized carbons (Fsp3) is 0.600. The molecule has 0 radical (unpaired) electrons. The third-order valence-electron chi connectivity index (χ3n) is 0.986. The Bertz CT molecular complexity index is 223. The first-order valence-corrected chi connectivity index (χ1v) is 4.89. The molecule has 0 bridgehead atoms. The van der Waals surface area contributed by atoms with Crippen LogP contribution in [0.2, 0.25) is 0 Å². The van der Waals surface area contributed by atoms with Gasteiger partial charge in [0, 0.05) is 6.42 Å². The van der Waals surface area contributed by atoms with Crippen molar-refractivity contribution in [1.82, 2.24) is 18.5 Å². The third kappa shape index (κ3) is 39.7. The van der Waals surface area contributed by atoms with Crippen molar-refractivity contribution in [2.45, 2.75) is 18.9 Å². The number of carboxylic acids is 2. The van der Waals surface area contributed by atoms with Crippen LogP contribution in [0.3, 0.4) is 0 Å². The monoisotopic (exact) mass is 279 g/mol. The summed E-state index contributed by atoms with van der Waals surface area (Å²) in [7, 11) is -2.63. The van der Waals surface area contributed by atoms with Gasteiger partial charge < -0.3 is 39.3 Å². The van der Waals surface area contributed by atoms with E-state index >= 15 is 0 Å². The minimum Gasteiger partial charge on any atom is -0.481 e. The molecule has 0 aromatic carbocycles. The first-order chi connectivity index (χ1) is 6.27. The van der Waals surface area contributed by atoms with Gasteiger partial charge in [-0.25, -0.2) is 0 Å². The van der Waals surface area contributed by atoms with Crippen molar-refractivity contribution in [3.05, 3.63) is 0 Å². The lowest BCUT2D eigenvalue weighted by Gasteiger charge is -2.01. The van der Waals surface area contributed by atoms with Crippen LogP contribution in [-0.4, -0.2) is 33.1 Å². The normalized spacial score (nSPS) is 11.0. The van der Waals surface area contributed by atoms with Gasteiger partial charge in [0.25, 0.3) is 8.18 Å². The molecule has 17 heavy (non-hydrogen) atoms. The number of aliphatic carboxylic acids is 2. The molecule has 0 aliphatic heterocycles. The van der Waals surface area contributed by atoms with E-state index in [0.717, 1.165) is 0 Å². The Balaban J connectivity index is -0.0000000607. The summed E-state index contributed by atoms with van der Waals surface area (Å²) in [6.07, 6.45) is -0.224. The Hall–Kier alpha value is -1.07. The zero-order valence-corrected chi connectivity index (χ0v) is 10.3. The highest BCUT2D eigenvalue weighted by Gasteiger charge is 2.12. The van der Waals surface area contributed by atoms with Crippen LogP contribution >= 0.6 is 8.18 Å². The minimum absolute atomic E-state index is 0. The second kappa shape index (κ2) is 17.3. The summed E-state index contributed by atoms with van der Waals surface area (Å²) >= 11 is 0. The molecule has 0 saturated carbocycles. The quantitative estimate of drug-likeness (QED) is 0.291. The van der Waals surface area contributed by atoms with E-state index in [2.05, 4.69) is 5.50 Å². The van der Waals surface area contributed by atoms with Crippen LogP contribution in [-0.2, 0) is 14.2 Å². The molecule has 11 nitrogen and oxygen atoms in total. The molecule has 2 atom stereocenters. The molecule has 0 aliphatic carbocycles. The Morgan fingerprint density at radius 2 is 1.47 bits per heavy atom. The van der Waals surface area contributed by atoms with E-state index in [1.807, 2.05) is 0 Å². The molecule has 16 N–H and O–H groups in total. The van der Waals surface area contributed by atoms with Gasteiger partial charge >= 0.3 is 11.9 Å². The summed E-state index contributed by atoms with van der Waals surface area (Å²) in [6, 6.07) is -1.06. The molecule has 0 heterocycles. The number of nitrogens with two attached hydrogens (primary N) is 2. The summed E-state index contributed by atoms with van der Waals surface area (Å²) in [5.74, 6) is -2.20. The molecule has 0 saturated heterocycles. The molecule has 2 unspecified atom stereocenters. The van der Waals surface area contributed by atoms with Crippen LogP contribution in [0.15, 0.2) is 0 Å². The standard InChI is InChI=1S/C5H9NO4.H4NO2P.3H3N/c6-3(5(9)10)1-2-4(7)8;1-4(2)3;;;/h3H,1-2,6H2,(H,7,8)(H,9,10);4H,(H3,1,2,3);3*1H3. The minimum atomic E-state index is -2.63. The number of carbonyl (C=O) groups is 2. The highest BCUT2D eigenvalue weighted by molar-refractivity contribution is 7.35. The van der Waals surface area contributed by atoms with Gasteiger partial charge in [0.2, 0.25) is 0 Å². The molecule has 0 aliphatic rings. The SMILES string of the molecule is N.N.N.NC(CCC(=O)O)C(=O)O.N[PH](=O)O. The van der Waals surface area contributed by atoms with Crippen LogP contribution in [0.4, 0.5) is 0 Å². The van der Waals surface area contributed by atoms with Crippen LogP contribution < -0.4 is 29.7 Å². The summed E-state index contributed by atoms with van der Waals surface area (Å²) in [6.45, 7) is 0. The summed E-state index contributed by atoms with van der Waals surface area (Å²) < 4.78 is 8.96. The lowest BCUT2D eigenvalue weighted by Crippen LogP contribution is -2.30. The Labute approximate surface area is 98.8 Å². The molecular formula is C5H22N5O6P. The van der Waals surface area contributed by atoms with Crippen LogP contribution in [0.5, 0.6) is 0 Å². The third-order valence-corrected chi connectivity index (χ3v) is 0.986. The van der Waals surface area contributed by atoms with Gasteiger partial charge in [0.1, 0.15) is 6.04 Å². The van der Waals surface area contributed by atoms with Gasteiger partial charge in [-0.2, -0.15) is 0 Å². The van der Waals surface area contributed by atoms with Crippen LogP contribution in [0.25, 0.3) is 0 Å². The lowest BCUT2D eigenvalue weighted by molar-refractivity contribution is -0.139. The van der Waals surface area contributed by atoms with Crippen molar-refractivity contribution >= 4 is 20.1 Å². The summed E-state index contributed by atoms with van der Waals surface area (Å²) in [5.41, 5.74) is 9.21. The summed E-state index contributed by atoms with van der Waals surface area (Å²) in [4.78, 5) is 27.3. The number of rotatable bonds is 4. The van der Waals surface area contributed by atoms with E-state index in [0.29, 0.717) is 0 Å². The van der Waals surface area contributed by atoms with Crippen molar-refractivity contribution in [3.63, 3.8) is 0 Å². The summed E-state index contributed by atoms with van der Waals surface area (Å²) in [5, 5.41) is 16.3. The topological polar surface area (TPSA) is 269 Å². The molecule has 0 spiro atoms. The average molecular weight is 279 g/mol. The first kappa shape index (κ1) is 29.7. The number of carboxylic acid groups (broad SMARTS) is 2. The largest absolute Gasteiger partial charge is 0.481 e. The van der Waals surface area contributed by atoms with Gasteiger partial charge in [-0.3, -0.25) is 19.7 Å². The van der Waals surface area contributed by atoms with Crippen molar-refractivity contribution in [2.75, 3.05) is 0 Å². The zero-order valence-electron chi connectivity index (χ0n) is 9.33. The predicted octanol–water partition coefficient (Wildman–Crippen LogP) is -0.924. The zero-order chi connectivity index (χ0) is 11.7. The van der Waals surface area contributed by atoms with Gasteiger partial charge in [-0.15, -0.1) is 0 Å². The molecule has 0 aromatic heterocycles. The van der Waals surface area contributed by atoms with E-state index in [1.165, 1.54) is 0 Å². The van der Waals surface area contributed by atoms with Gasteiger partial charge in [0.05, 0.1) is 0 Å². The maximum absolute atomic E-state index is 9.99. The maximum Gasteiger partial charge on any atom is 0.320 e. The van der Waals surface area contributed by atoms with Crippen molar-refractivity contribution in [2.24, 2.45) is 11.2 Å². The van der Waals surface area contributed by atoms with E-state index in [-0.39, 0.29) is 31.3 Å². The maximum atomic E-state index is 9.99. The fourth-order valence-electron chi connectivity index (χ4n) is 0.402. The second-order valence-corrected chi connectivity index (χ2v) is 2.89. The molecule has 0 rings (SSSR count). The Morgan fingerprint density at radius 3 is 1.65 bits per heavy atom. The van der Waals surface area contributed by atoms with Crippen LogP contribution in [0, 0.1) is 0 Å². The fourth-order valence-corrected chi connectivity index (χ4v) is 0.402. The van der Waals surface area contributed by atoms with Gasteiger partial charge in [-0.05, 0) is 6.42 Å². The van der Waals surface area contributed by atoms with Crippen molar-refractivity contribution in [3.8, 4) is 0 Å². The van der Waals surface area contributed by atoms with Crippen molar-refractivity contribution < 1.29 is 29.3 Å². The molecule has 0 aromatic rings. The van der Waals surface area contributed by atoms with E-state index in [4.69, 9.17) is 25.4 Å². The van der Waals surface area contributed by atoms with E-state index in [1.54, 1.807) is 0 Å². The van der Waals surface area contributed by atoms with Crippen LogP contribution in [0.1, 0.15) is 12.8 Å². The highest BCUT2D eigenvalue weighted by atomic mass is 31.1. The molecule has 108 valence electrons. The highest BCUT2D eigenvalue weighted by Crippen LogP contribution is 1.93. The molecule has 0 amide bonds. The Kier molecular flexibility index (Phi) is 30.3. The van der Waals surface area contributed by atoms with E-state index in [9.17, 15) is 9.59 Å². The Morgan fingerprint density at radius 1 is 1.18 bits per heavy atom. The molecule has 0 fully saturated rings. The lowest BCUT2D eigenvalue weighted by atomic mass is 10.2. The molecule has 12 heteroatoms. The van der Waals surface area contributed by atoms with Gasteiger partial charge in [0.15, 0.2) is 0 Å². The van der Waals surface area contributed by atoms with E-state index < -0.39 is 26.2 Å².